The number of thioether (sulfide) groups is 1. The van der Waals surface area contributed by atoms with Gasteiger partial charge in [0.15, 0.2) is 0 Å². The van der Waals surface area contributed by atoms with Crippen LogP contribution in [-0.2, 0) is 4.79 Å². The monoisotopic (exact) mass is 273 g/mol. The number of carbonyl (C=O) groups is 1. The van der Waals surface area contributed by atoms with Gasteiger partial charge in [0.05, 0.1) is 5.75 Å². The van der Waals surface area contributed by atoms with Crippen LogP contribution in [0.25, 0.3) is 0 Å². The zero-order valence-electron chi connectivity index (χ0n) is 13.2. The first-order valence-corrected chi connectivity index (χ1v) is 8.24. The van der Waals surface area contributed by atoms with Gasteiger partial charge in [0, 0.05) is 6.04 Å². The number of nitrogens with one attached hydrogen (secondary N) is 1. The maximum absolute atomic E-state index is 11.7. The normalized spacial score (nSPS) is 14.4. The van der Waals surface area contributed by atoms with E-state index in [4.69, 9.17) is 0 Å². The predicted octanol–water partition coefficient (Wildman–Crippen LogP) is 4.10. The summed E-state index contributed by atoms with van der Waals surface area (Å²) < 4.78 is 0. The molecule has 1 N–H and O–H groups in total. The van der Waals surface area contributed by atoms with E-state index in [-0.39, 0.29) is 17.4 Å². The van der Waals surface area contributed by atoms with Crippen LogP contribution in [-0.4, -0.2) is 24.0 Å². The molecular formula is C15H31NOS. The Labute approximate surface area is 118 Å². The number of hydrogen-bond donors (Lipinski definition) is 1. The molecule has 0 spiro atoms. The van der Waals surface area contributed by atoms with Crippen LogP contribution < -0.4 is 5.32 Å². The first-order chi connectivity index (χ1) is 8.06. The molecule has 0 saturated heterocycles. The number of rotatable bonds is 6. The third kappa shape index (κ3) is 8.84. The van der Waals surface area contributed by atoms with Crippen molar-refractivity contribution in [3.63, 3.8) is 0 Å². The Bertz CT molecular complexity index is 250. The van der Waals surface area contributed by atoms with Crippen molar-refractivity contribution in [1.82, 2.24) is 5.32 Å². The molecule has 0 aromatic heterocycles. The third-order valence-electron chi connectivity index (χ3n) is 3.08. The van der Waals surface area contributed by atoms with Crippen molar-refractivity contribution in [3.05, 3.63) is 0 Å². The Morgan fingerprint density at radius 2 is 1.72 bits per heavy atom. The van der Waals surface area contributed by atoms with E-state index in [0.717, 1.165) is 6.42 Å². The second kappa shape index (κ2) is 7.42. The van der Waals surface area contributed by atoms with E-state index in [2.05, 4.69) is 46.9 Å². The lowest BCUT2D eigenvalue weighted by molar-refractivity contribution is -0.120. The summed E-state index contributed by atoms with van der Waals surface area (Å²) in [4.78, 5) is 11.7. The molecule has 0 aromatic rings. The van der Waals surface area contributed by atoms with E-state index in [1.807, 2.05) is 6.26 Å². The topological polar surface area (TPSA) is 29.1 Å². The number of amides is 1. The Kier molecular flexibility index (Phi) is 7.34. The van der Waals surface area contributed by atoms with Crippen LogP contribution in [0.1, 0.15) is 60.8 Å². The molecule has 0 rings (SSSR count). The summed E-state index contributed by atoms with van der Waals surface area (Å²) >= 11 is 1.58. The lowest BCUT2D eigenvalue weighted by Gasteiger charge is -2.32. The van der Waals surface area contributed by atoms with E-state index in [1.54, 1.807) is 11.8 Å². The van der Waals surface area contributed by atoms with E-state index in [9.17, 15) is 4.79 Å². The van der Waals surface area contributed by atoms with Crippen LogP contribution in [0.15, 0.2) is 0 Å². The molecule has 0 aliphatic carbocycles. The van der Waals surface area contributed by atoms with Gasteiger partial charge in [-0.1, -0.05) is 48.0 Å². The van der Waals surface area contributed by atoms with Crippen LogP contribution in [0.3, 0.4) is 0 Å². The van der Waals surface area contributed by atoms with Gasteiger partial charge < -0.3 is 5.32 Å². The predicted molar refractivity (Wildman–Crippen MR) is 83.1 cm³/mol. The molecule has 1 unspecified atom stereocenters. The highest BCUT2D eigenvalue weighted by Gasteiger charge is 2.26. The van der Waals surface area contributed by atoms with Crippen LogP contribution in [0, 0.1) is 10.8 Å². The summed E-state index contributed by atoms with van der Waals surface area (Å²) in [6, 6.07) is 0.277. The van der Waals surface area contributed by atoms with Gasteiger partial charge in [0.1, 0.15) is 0 Å². The van der Waals surface area contributed by atoms with Crippen LogP contribution in [0.5, 0.6) is 0 Å². The molecular weight excluding hydrogens is 242 g/mol. The third-order valence-corrected chi connectivity index (χ3v) is 3.63. The molecule has 2 nitrogen and oxygen atoms in total. The van der Waals surface area contributed by atoms with Gasteiger partial charge in [-0.15, -0.1) is 0 Å². The molecule has 0 saturated carbocycles. The van der Waals surface area contributed by atoms with E-state index in [0.29, 0.717) is 11.2 Å². The van der Waals surface area contributed by atoms with Crippen molar-refractivity contribution in [3.8, 4) is 0 Å². The summed E-state index contributed by atoms with van der Waals surface area (Å²) in [5.74, 6) is 0.726. The second-order valence-corrected chi connectivity index (χ2v) is 8.24. The zero-order valence-corrected chi connectivity index (χ0v) is 14.0. The molecule has 0 aromatic carbocycles. The summed E-state index contributed by atoms with van der Waals surface area (Å²) in [6.07, 6.45) is 5.41. The maximum atomic E-state index is 11.7. The van der Waals surface area contributed by atoms with Gasteiger partial charge in [-0.2, -0.15) is 11.8 Å². The minimum absolute atomic E-state index is 0.131. The van der Waals surface area contributed by atoms with Gasteiger partial charge in [-0.05, 0) is 29.9 Å². The zero-order chi connectivity index (χ0) is 14.4. The van der Waals surface area contributed by atoms with E-state index >= 15 is 0 Å². The molecule has 0 aliphatic heterocycles. The summed E-state index contributed by atoms with van der Waals surface area (Å²) in [7, 11) is 0. The van der Waals surface area contributed by atoms with Crippen molar-refractivity contribution < 1.29 is 4.79 Å². The Hall–Kier alpha value is -0.180. The van der Waals surface area contributed by atoms with Crippen molar-refractivity contribution >= 4 is 17.7 Å². The smallest absolute Gasteiger partial charge is 0.230 e. The first kappa shape index (κ1) is 17.8. The standard InChI is InChI=1S/C15H31NOS/c1-14(2,3)10-8-9-12(15(4,5)6)16-13(17)11-18-7/h12H,8-11H2,1-7H3,(H,16,17). The van der Waals surface area contributed by atoms with Crippen LogP contribution in [0.2, 0.25) is 0 Å². The van der Waals surface area contributed by atoms with Crippen LogP contribution in [0.4, 0.5) is 0 Å². The summed E-state index contributed by atoms with van der Waals surface area (Å²) in [5.41, 5.74) is 0.512. The Morgan fingerprint density at radius 1 is 1.17 bits per heavy atom. The quantitative estimate of drug-likeness (QED) is 0.789. The molecule has 108 valence electrons. The highest BCUT2D eigenvalue weighted by atomic mass is 32.2. The van der Waals surface area contributed by atoms with Crippen molar-refractivity contribution in [1.29, 1.82) is 0 Å². The van der Waals surface area contributed by atoms with Crippen molar-refractivity contribution in [2.24, 2.45) is 10.8 Å². The maximum Gasteiger partial charge on any atom is 0.230 e. The molecule has 1 atom stereocenters. The molecule has 1 amide bonds. The highest BCUT2D eigenvalue weighted by Crippen LogP contribution is 2.27. The molecule has 0 radical (unpaired) electrons. The van der Waals surface area contributed by atoms with Gasteiger partial charge in [-0.25, -0.2) is 0 Å². The van der Waals surface area contributed by atoms with Gasteiger partial charge in [-0.3, -0.25) is 4.79 Å². The number of hydrogen-bond acceptors (Lipinski definition) is 2. The lowest BCUT2D eigenvalue weighted by Crippen LogP contribution is -2.44. The lowest BCUT2D eigenvalue weighted by atomic mass is 9.81. The second-order valence-electron chi connectivity index (χ2n) is 7.37. The summed E-state index contributed by atoms with van der Waals surface area (Å²) in [5, 5.41) is 3.18. The van der Waals surface area contributed by atoms with E-state index in [1.165, 1.54) is 12.8 Å². The molecule has 0 aliphatic rings. The minimum atomic E-state index is 0.131. The molecule has 0 fully saturated rings. The fourth-order valence-electron chi connectivity index (χ4n) is 1.93. The highest BCUT2D eigenvalue weighted by molar-refractivity contribution is 7.99. The van der Waals surface area contributed by atoms with Gasteiger partial charge in [0.2, 0.25) is 5.91 Å². The molecule has 0 heterocycles. The minimum Gasteiger partial charge on any atom is -0.352 e. The number of carbonyl (C=O) groups excluding carboxylic acids is 1. The Morgan fingerprint density at radius 3 is 2.11 bits per heavy atom. The Balaban J connectivity index is 4.30. The fraction of sp³-hybridized carbons (Fsp3) is 0.933. The van der Waals surface area contributed by atoms with Gasteiger partial charge in [0.25, 0.3) is 0 Å². The fourth-order valence-corrected chi connectivity index (χ4v) is 2.27. The van der Waals surface area contributed by atoms with Gasteiger partial charge >= 0.3 is 0 Å². The molecule has 0 bridgehead atoms. The first-order valence-electron chi connectivity index (χ1n) is 6.84. The van der Waals surface area contributed by atoms with Crippen molar-refractivity contribution in [2.75, 3.05) is 12.0 Å². The van der Waals surface area contributed by atoms with E-state index < -0.39 is 0 Å². The van der Waals surface area contributed by atoms with Crippen LogP contribution >= 0.6 is 11.8 Å². The summed E-state index contributed by atoms with van der Waals surface area (Å²) in [6.45, 7) is 13.4. The molecule has 18 heavy (non-hydrogen) atoms. The van der Waals surface area contributed by atoms with Crippen molar-refractivity contribution in [2.45, 2.75) is 66.8 Å². The average Bonchev–Trinajstić information content (AvgIpc) is 2.13. The molecule has 3 heteroatoms. The SMILES string of the molecule is CSCC(=O)NC(CCCC(C)(C)C)C(C)(C)C. The largest absolute Gasteiger partial charge is 0.352 e. The average molecular weight is 273 g/mol.